The lowest BCUT2D eigenvalue weighted by Gasteiger charge is -2.34. The quantitative estimate of drug-likeness (QED) is 0.582. The lowest BCUT2D eigenvalue weighted by atomic mass is 10.2. The minimum absolute atomic E-state index is 0.00165. The van der Waals surface area contributed by atoms with Crippen LogP contribution < -0.4 is 5.32 Å². The van der Waals surface area contributed by atoms with Gasteiger partial charge in [-0.3, -0.25) is 14.6 Å². The topological polar surface area (TPSA) is 48.5 Å². The number of aromatic nitrogens is 1. The van der Waals surface area contributed by atoms with Gasteiger partial charge in [-0.2, -0.15) is 0 Å². The van der Waals surface area contributed by atoms with Gasteiger partial charge in [-0.15, -0.1) is 11.3 Å². The largest absolute Gasteiger partial charge is 0.301 e. The number of nitrogens with one attached hydrogen (secondary N) is 1. The van der Waals surface area contributed by atoms with E-state index in [-0.39, 0.29) is 5.91 Å². The summed E-state index contributed by atoms with van der Waals surface area (Å²) in [7, 11) is 0. The standard InChI is InChI=1S/C22H23BrN4OS/c23-19-8-6-18(7-9-19)20-16-29-22(24-20)25-21(28)15-27-12-10-26(11-13-27)14-17-4-2-1-3-5-17/h1-9,16H,10-15H2,(H,24,25,28). The number of halogens is 1. The Morgan fingerprint density at radius 1 is 1.00 bits per heavy atom. The Labute approximate surface area is 183 Å². The maximum atomic E-state index is 12.4. The predicted molar refractivity (Wildman–Crippen MR) is 122 cm³/mol. The van der Waals surface area contributed by atoms with Crippen LogP contribution in [0.5, 0.6) is 0 Å². The third-order valence-electron chi connectivity index (χ3n) is 4.97. The van der Waals surface area contributed by atoms with Crippen molar-refractivity contribution in [3.05, 3.63) is 70.0 Å². The molecule has 3 aromatic rings. The van der Waals surface area contributed by atoms with Gasteiger partial charge in [-0.25, -0.2) is 4.98 Å². The van der Waals surface area contributed by atoms with Crippen LogP contribution in [-0.4, -0.2) is 53.4 Å². The summed E-state index contributed by atoms with van der Waals surface area (Å²) in [4.78, 5) is 21.6. The van der Waals surface area contributed by atoms with Crippen LogP contribution in [0.2, 0.25) is 0 Å². The molecule has 29 heavy (non-hydrogen) atoms. The molecule has 0 saturated carbocycles. The van der Waals surface area contributed by atoms with Crippen LogP contribution >= 0.6 is 27.3 Å². The van der Waals surface area contributed by atoms with Crippen LogP contribution in [0.15, 0.2) is 64.5 Å². The molecule has 0 atom stereocenters. The van der Waals surface area contributed by atoms with Gasteiger partial charge in [0.05, 0.1) is 12.2 Å². The highest BCUT2D eigenvalue weighted by atomic mass is 79.9. The van der Waals surface area contributed by atoms with E-state index < -0.39 is 0 Å². The van der Waals surface area contributed by atoms with Crippen LogP contribution in [0.1, 0.15) is 5.56 Å². The lowest BCUT2D eigenvalue weighted by molar-refractivity contribution is -0.117. The van der Waals surface area contributed by atoms with Gasteiger partial charge in [-0.1, -0.05) is 58.4 Å². The lowest BCUT2D eigenvalue weighted by Crippen LogP contribution is -2.48. The number of rotatable bonds is 6. The first-order valence-electron chi connectivity index (χ1n) is 9.66. The average Bonchev–Trinajstić information content (AvgIpc) is 3.19. The molecule has 1 amide bonds. The molecule has 0 radical (unpaired) electrons. The normalized spacial score (nSPS) is 15.3. The number of anilines is 1. The van der Waals surface area contributed by atoms with Crippen molar-refractivity contribution in [2.45, 2.75) is 6.54 Å². The van der Waals surface area contributed by atoms with Crippen LogP contribution in [0, 0.1) is 0 Å². The molecule has 0 bridgehead atoms. The number of thiazole rings is 1. The number of carbonyl (C=O) groups is 1. The molecule has 2 aromatic carbocycles. The highest BCUT2D eigenvalue weighted by molar-refractivity contribution is 9.10. The zero-order chi connectivity index (χ0) is 20.1. The molecule has 4 rings (SSSR count). The van der Waals surface area contributed by atoms with Crippen LogP contribution in [0.3, 0.4) is 0 Å². The van der Waals surface area contributed by atoms with Crippen molar-refractivity contribution in [3.63, 3.8) is 0 Å². The van der Waals surface area contributed by atoms with Gasteiger partial charge in [-0.05, 0) is 17.7 Å². The third kappa shape index (κ3) is 5.73. The first kappa shape index (κ1) is 20.2. The minimum atomic E-state index is -0.00165. The van der Waals surface area contributed by atoms with Crippen LogP contribution in [0.25, 0.3) is 11.3 Å². The summed E-state index contributed by atoms with van der Waals surface area (Å²) in [6, 6.07) is 18.5. The van der Waals surface area contributed by atoms with Crippen molar-refractivity contribution < 1.29 is 4.79 Å². The van der Waals surface area contributed by atoms with E-state index in [4.69, 9.17) is 0 Å². The molecule has 1 saturated heterocycles. The summed E-state index contributed by atoms with van der Waals surface area (Å²) in [5.41, 5.74) is 3.26. The monoisotopic (exact) mass is 470 g/mol. The molecule has 2 heterocycles. The van der Waals surface area contributed by atoms with Crippen LogP contribution in [0.4, 0.5) is 5.13 Å². The molecule has 1 aliphatic rings. The fourth-order valence-electron chi connectivity index (χ4n) is 3.39. The molecular formula is C22H23BrN4OS. The summed E-state index contributed by atoms with van der Waals surface area (Å²) >= 11 is 4.90. The second kappa shape index (κ2) is 9.63. The smallest absolute Gasteiger partial charge is 0.240 e. The maximum Gasteiger partial charge on any atom is 0.240 e. The molecular weight excluding hydrogens is 448 g/mol. The van der Waals surface area contributed by atoms with E-state index in [2.05, 4.69) is 60.3 Å². The van der Waals surface area contributed by atoms with Crippen LogP contribution in [-0.2, 0) is 11.3 Å². The highest BCUT2D eigenvalue weighted by Crippen LogP contribution is 2.26. The molecule has 1 aliphatic heterocycles. The SMILES string of the molecule is O=C(CN1CCN(Cc2ccccc2)CC1)Nc1nc(-c2ccc(Br)cc2)cs1. The zero-order valence-corrected chi connectivity index (χ0v) is 18.5. The third-order valence-corrected chi connectivity index (χ3v) is 6.26. The Kier molecular flexibility index (Phi) is 6.71. The van der Waals surface area contributed by atoms with Gasteiger partial charge in [0.25, 0.3) is 0 Å². The van der Waals surface area contributed by atoms with Crippen molar-refractivity contribution in [2.75, 3.05) is 38.0 Å². The van der Waals surface area contributed by atoms with Crippen molar-refractivity contribution in [3.8, 4) is 11.3 Å². The number of nitrogens with zero attached hydrogens (tertiary/aromatic N) is 3. The van der Waals surface area contributed by atoms with E-state index in [1.165, 1.54) is 16.9 Å². The molecule has 1 N–H and O–H groups in total. The summed E-state index contributed by atoms with van der Waals surface area (Å²) in [6.07, 6.45) is 0. The van der Waals surface area contributed by atoms with Gasteiger partial charge >= 0.3 is 0 Å². The van der Waals surface area contributed by atoms with E-state index >= 15 is 0 Å². The molecule has 0 unspecified atom stereocenters. The highest BCUT2D eigenvalue weighted by Gasteiger charge is 2.19. The maximum absolute atomic E-state index is 12.4. The average molecular weight is 471 g/mol. The van der Waals surface area contributed by atoms with Gasteiger partial charge in [0.2, 0.25) is 5.91 Å². The fraction of sp³-hybridized carbons (Fsp3) is 0.273. The number of piperazine rings is 1. The van der Waals surface area contributed by atoms with Gasteiger partial charge < -0.3 is 5.32 Å². The molecule has 5 nitrogen and oxygen atoms in total. The molecule has 1 fully saturated rings. The Morgan fingerprint density at radius 3 is 2.41 bits per heavy atom. The molecule has 0 spiro atoms. The zero-order valence-electron chi connectivity index (χ0n) is 16.1. The Bertz CT molecular complexity index is 937. The summed E-state index contributed by atoms with van der Waals surface area (Å²) < 4.78 is 1.04. The van der Waals surface area contributed by atoms with E-state index in [1.807, 2.05) is 35.7 Å². The number of hydrogen-bond donors (Lipinski definition) is 1. The summed E-state index contributed by atoms with van der Waals surface area (Å²) in [5.74, 6) is -0.00165. The van der Waals surface area contributed by atoms with E-state index in [1.54, 1.807) is 0 Å². The van der Waals surface area contributed by atoms with Crippen molar-refractivity contribution in [1.82, 2.24) is 14.8 Å². The number of hydrogen-bond acceptors (Lipinski definition) is 5. The van der Waals surface area contributed by atoms with Crippen molar-refractivity contribution >= 4 is 38.3 Å². The predicted octanol–water partition coefficient (Wildman–Crippen LogP) is 4.33. The number of benzene rings is 2. The Hall–Kier alpha value is -2.06. The van der Waals surface area contributed by atoms with Gasteiger partial charge in [0, 0.05) is 48.1 Å². The second-order valence-corrected chi connectivity index (χ2v) is 8.90. The van der Waals surface area contributed by atoms with E-state index in [0.717, 1.165) is 48.5 Å². The van der Waals surface area contributed by atoms with E-state index in [0.29, 0.717) is 11.7 Å². The van der Waals surface area contributed by atoms with E-state index in [9.17, 15) is 4.79 Å². The fourth-order valence-corrected chi connectivity index (χ4v) is 4.39. The number of carbonyl (C=O) groups excluding carboxylic acids is 1. The molecule has 7 heteroatoms. The summed E-state index contributed by atoms with van der Waals surface area (Å²) in [6.45, 7) is 5.15. The first-order valence-corrected chi connectivity index (χ1v) is 11.3. The van der Waals surface area contributed by atoms with Gasteiger partial charge in [0.1, 0.15) is 0 Å². The Balaban J connectivity index is 1.24. The second-order valence-electron chi connectivity index (χ2n) is 7.13. The summed E-state index contributed by atoms with van der Waals surface area (Å²) in [5, 5.41) is 5.57. The molecule has 1 aromatic heterocycles. The molecule has 0 aliphatic carbocycles. The van der Waals surface area contributed by atoms with Crippen molar-refractivity contribution in [2.24, 2.45) is 0 Å². The van der Waals surface area contributed by atoms with Gasteiger partial charge in [0.15, 0.2) is 5.13 Å². The number of amides is 1. The molecule has 150 valence electrons. The Morgan fingerprint density at radius 2 is 1.69 bits per heavy atom. The minimum Gasteiger partial charge on any atom is -0.301 e. The van der Waals surface area contributed by atoms with Crippen molar-refractivity contribution in [1.29, 1.82) is 0 Å². The first-order chi connectivity index (χ1) is 14.2.